The highest BCUT2D eigenvalue weighted by Crippen LogP contribution is 2.46. The molecule has 1 aliphatic rings. The molecule has 3 rings (SSSR count). The van der Waals surface area contributed by atoms with E-state index in [-0.39, 0.29) is 35.3 Å². The van der Waals surface area contributed by atoms with Crippen LogP contribution in [-0.4, -0.2) is 38.2 Å². The normalized spacial score (nSPS) is 18.5. The highest BCUT2D eigenvalue weighted by atomic mass is 28.3. The first-order valence-electron chi connectivity index (χ1n) is 14.2. The minimum absolute atomic E-state index is 0.0463. The van der Waals surface area contributed by atoms with Crippen LogP contribution in [0.5, 0.6) is 0 Å². The molecule has 0 saturated heterocycles. The van der Waals surface area contributed by atoms with Gasteiger partial charge in [0.1, 0.15) is 0 Å². The van der Waals surface area contributed by atoms with Crippen LogP contribution < -0.4 is 15.7 Å². The number of amides is 1. The van der Waals surface area contributed by atoms with Crippen molar-refractivity contribution in [3.63, 3.8) is 0 Å². The molecule has 1 saturated carbocycles. The lowest BCUT2D eigenvalue weighted by atomic mass is 9.69. The maximum absolute atomic E-state index is 12.4. The molecule has 0 aromatic heterocycles. The van der Waals surface area contributed by atoms with Gasteiger partial charge in [0, 0.05) is 13.0 Å². The third-order valence-corrected chi connectivity index (χ3v) is 11.1. The van der Waals surface area contributed by atoms with Gasteiger partial charge >= 0.3 is 5.97 Å². The summed E-state index contributed by atoms with van der Waals surface area (Å²) in [5, 5.41) is 15.8. The monoisotopic (exact) mass is 537 g/mol. The minimum Gasteiger partial charge on any atom is -0.481 e. The second-order valence-electron chi connectivity index (χ2n) is 12.5. The van der Waals surface area contributed by atoms with Gasteiger partial charge in [-0.15, -0.1) is 0 Å². The van der Waals surface area contributed by atoms with Crippen LogP contribution in [0.3, 0.4) is 0 Å². The Morgan fingerprint density at radius 3 is 1.89 bits per heavy atom. The lowest BCUT2D eigenvalue weighted by molar-refractivity contribution is -0.149. The van der Waals surface area contributed by atoms with E-state index in [1.54, 1.807) is 6.92 Å². The SMILES string of the molecule is CC(=O)NC(C)[C@@H](C)[C@H](CCC1(C(=O)O)CCCC1)C(O[SiH](c1ccccc1)c1ccccc1)C(C)(C)C. The smallest absolute Gasteiger partial charge is 0.309 e. The summed E-state index contributed by atoms with van der Waals surface area (Å²) in [4.78, 5) is 24.4. The van der Waals surface area contributed by atoms with Crippen molar-refractivity contribution in [1.82, 2.24) is 5.32 Å². The van der Waals surface area contributed by atoms with Crippen molar-refractivity contribution in [3.05, 3.63) is 60.7 Å². The Hall–Kier alpha value is -2.44. The van der Waals surface area contributed by atoms with E-state index in [2.05, 4.69) is 88.5 Å². The number of carboxylic acids is 1. The van der Waals surface area contributed by atoms with Crippen molar-refractivity contribution in [2.75, 3.05) is 0 Å². The van der Waals surface area contributed by atoms with Gasteiger partial charge in [0.15, 0.2) is 0 Å². The zero-order chi connectivity index (χ0) is 27.9. The molecule has 2 aromatic rings. The molecule has 5 nitrogen and oxygen atoms in total. The second-order valence-corrected chi connectivity index (χ2v) is 14.8. The predicted octanol–water partition coefficient (Wildman–Crippen LogP) is 5.16. The quantitative estimate of drug-likeness (QED) is 0.367. The molecule has 0 aliphatic heterocycles. The van der Waals surface area contributed by atoms with E-state index >= 15 is 0 Å². The Kier molecular flexibility index (Phi) is 10.4. The summed E-state index contributed by atoms with van der Waals surface area (Å²) in [7, 11) is -2.06. The van der Waals surface area contributed by atoms with E-state index in [0.29, 0.717) is 6.42 Å². The van der Waals surface area contributed by atoms with Gasteiger partial charge in [0.25, 0.3) is 0 Å². The fourth-order valence-corrected chi connectivity index (χ4v) is 9.02. The predicted molar refractivity (Wildman–Crippen MR) is 157 cm³/mol. The molecule has 2 N–H and O–H groups in total. The lowest BCUT2D eigenvalue weighted by Crippen LogP contribution is -2.54. The van der Waals surface area contributed by atoms with Crippen LogP contribution in [0, 0.1) is 22.7 Å². The molecule has 0 bridgehead atoms. The molecule has 208 valence electrons. The van der Waals surface area contributed by atoms with Crippen molar-refractivity contribution in [3.8, 4) is 0 Å². The first kappa shape index (κ1) is 30.1. The molecule has 0 radical (unpaired) electrons. The summed E-state index contributed by atoms with van der Waals surface area (Å²) in [6.07, 6.45) is 4.73. The van der Waals surface area contributed by atoms with E-state index in [4.69, 9.17) is 4.43 Å². The number of rotatable bonds is 12. The van der Waals surface area contributed by atoms with Crippen LogP contribution in [0.25, 0.3) is 0 Å². The van der Waals surface area contributed by atoms with Crippen LogP contribution in [0.4, 0.5) is 0 Å². The summed E-state index contributed by atoms with van der Waals surface area (Å²) in [5.41, 5.74) is -0.830. The zero-order valence-corrected chi connectivity index (χ0v) is 25.2. The summed E-state index contributed by atoms with van der Waals surface area (Å²) in [5.74, 6) is -0.520. The fourth-order valence-electron chi connectivity index (χ4n) is 6.28. The van der Waals surface area contributed by atoms with Crippen LogP contribution in [0.2, 0.25) is 0 Å². The molecule has 2 unspecified atom stereocenters. The van der Waals surface area contributed by atoms with E-state index in [1.807, 2.05) is 12.1 Å². The van der Waals surface area contributed by atoms with E-state index in [9.17, 15) is 14.7 Å². The first-order chi connectivity index (χ1) is 17.9. The van der Waals surface area contributed by atoms with Gasteiger partial charge in [-0.3, -0.25) is 9.59 Å². The number of carboxylic acid groups (broad SMARTS) is 1. The number of aliphatic carboxylic acids is 1. The van der Waals surface area contributed by atoms with Crippen LogP contribution in [0.1, 0.15) is 80.1 Å². The Labute approximate surface area is 231 Å². The van der Waals surface area contributed by atoms with Crippen molar-refractivity contribution in [2.45, 2.75) is 92.2 Å². The molecule has 1 amide bonds. The third kappa shape index (κ3) is 7.57. The number of benzene rings is 2. The third-order valence-electron chi connectivity index (χ3n) is 8.60. The molecule has 1 aliphatic carbocycles. The van der Waals surface area contributed by atoms with Gasteiger partial charge < -0.3 is 14.8 Å². The van der Waals surface area contributed by atoms with Crippen molar-refractivity contribution in [2.24, 2.45) is 22.7 Å². The molecule has 0 heterocycles. The summed E-state index contributed by atoms with van der Waals surface area (Å²) in [6, 6.07) is 21.0. The van der Waals surface area contributed by atoms with Crippen LogP contribution >= 0.6 is 0 Å². The van der Waals surface area contributed by atoms with Gasteiger partial charge in [-0.1, -0.05) is 101 Å². The number of carbonyl (C=O) groups is 2. The molecule has 38 heavy (non-hydrogen) atoms. The molecular weight excluding hydrogens is 490 g/mol. The van der Waals surface area contributed by atoms with Gasteiger partial charge in [-0.2, -0.15) is 0 Å². The Morgan fingerprint density at radius 2 is 1.47 bits per heavy atom. The fraction of sp³-hybridized carbons (Fsp3) is 0.562. The van der Waals surface area contributed by atoms with E-state index in [0.717, 1.165) is 32.1 Å². The van der Waals surface area contributed by atoms with Crippen LogP contribution in [0.15, 0.2) is 60.7 Å². The Balaban J connectivity index is 2.02. The van der Waals surface area contributed by atoms with Gasteiger partial charge in [-0.25, -0.2) is 0 Å². The highest BCUT2D eigenvalue weighted by Gasteiger charge is 2.45. The second kappa shape index (κ2) is 13.1. The van der Waals surface area contributed by atoms with E-state index < -0.39 is 20.4 Å². The number of hydrogen-bond donors (Lipinski definition) is 2. The maximum Gasteiger partial charge on any atom is 0.309 e. The van der Waals surface area contributed by atoms with Crippen LogP contribution in [-0.2, 0) is 14.0 Å². The molecule has 0 spiro atoms. The first-order valence-corrected chi connectivity index (χ1v) is 15.8. The maximum atomic E-state index is 12.4. The average Bonchev–Trinajstić information content (AvgIpc) is 3.36. The minimum atomic E-state index is -2.06. The largest absolute Gasteiger partial charge is 0.481 e. The molecule has 2 aromatic carbocycles. The summed E-state index contributed by atoms with van der Waals surface area (Å²) < 4.78 is 7.31. The number of nitrogens with one attached hydrogen (secondary N) is 1. The average molecular weight is 538 g/mol. The summed E-state index contributed by atoms with van der Waals surface area (Å²) >= 11 is 0. The molecular formula is C32H47NO4Si. The topological polar surface area (TPSA) is 75.6 Å². The standard InChI is InChI=1S/C32H47NO4Si/c1-23(24(2)33-25(3)34)28(19-22-32(30(35)36)20-13-14-21-32)29(31(4,5)6)37-38(26-15-9-7-10-16-26)27-17-11-8-12-18-27/h7-12,15-18,23-24,28-29,38H,13-14,19-22H2,1-6H3,(H,33,34)(H,35,36)/t23-,24?,28+,29?/m1/s1. The summed E-state index contributed by atoms with van der Waals surface area (Å²) in [6.45, 7) is 12.5. The lowest BCUT2D eigenvalue weighted by Gasteiger charge is -2.44. The Morgan fingerprint density at radius 1 is 0.974 bits per heavy atom. The molecule has 1 fully saturated rings. The molecule has 4 atom stereocenters. The van der Waals surface area contributed by atoms with Gasteiger partial charge in [0.2, 0.25) is 14.9 Å². The van der Waals surface area contributed by atoms with Crippen molar-refractivity contribution in [1.29, 1.82) is 0 Å². The van der Waals surface area contributed by atoms with Gasteiger partial charge in [0.05, 0.1) is 11.5 Å². The highest BCUT2D eigenvalue weighted by molar-refractivity contribution is 6.80. The molecule has 6 heteroatoms. The van der Waals surface area contributed by atoms with Crippen molar-refractivity contribution >= 4 is 31.3 Å². The van der Waals surface area contributed by atoms with Crippen molar-refractivity contribution < 1.29 is 19.1 Å². The Bertz CT molecular complexity index is 991. The number of hydrogen-bond acceptors (Lipinski definition) is 3. The van der Waals surface area contributed by atoms with Gasteiger partial charge in [-0.05, 0) is 60.2 Å². The van der Waals surface area contributed by atoms with E-state index in [1.165, 1.54) is 10.4 Å². The number of carbonyl (C=O) groups excluding carboxylic acids is 1. The zero-order valence-electron chi connectivity index (χ0n) is 24.1.